The van der Waals surface area contributed by atoms with Crippen LogP contribution in [0.4, 0.5) is 0 Å². The number of rotatable bonds is 8. The maximum Gasteiger partial charge on any atom is 0.240 e. The Hall–Kier alpha value is -0.960. The van der Waals surface area contributed by atoms with Gasteiger partial charge in [-0.05, 0) is 38.1 Å². The zero-order chi connectivity index (χ0) is 16.1. The van der Waals surface area contributed by atoms with Gasteiger partial charge in [-0.2, -0.15) is 0 Å². The number of hydrogen-bond donors (Lipinski definition) is 2. The van der Waals surface area contributed by atoms with Gasteiger partial charge in [-0.25, -0.2) is 21.6 Å². The van der Waals surface area contributed by atoms with E-state index in [1.165, 1.54) is 0 Å². The number of hydrogen-bond acceptors (Lipinski definition) is 5. The molecule has 0 amide bonds. The molecule has 1 atom stereocenters. The Kier molecular flexibility index (Phi) is 6.33. The zero-order valence-corrected chi connectivity index (χ0v) is 14.1. The summed E-state index contributed by atoms with van der Waals surface area (Å²) in [5.41, 5.74) is 0.994. The summed E-state index contributed by atoms with van der Waals surface area (Å²) in [6, 6.07) is 6.74. The highest BCUT2D eigenvalue weighted by Crippen LogP contribution is 2.15. The fourth-order valence-corrected chi connectivity index (χ4v) is 3.47. The standard InChI is InChI=1S/C13H22N2O4S2/c1-11(14-2)12-5-7-13(8-6-12)21(18,19)15-9-4-10-20(3,16)17/h5-8,11,14-15H,4,9-10H2,1-3H3. The van der Waals surface area contributed by atoms with Crippen molar-refractivity contribution < 1.29 is 16.8 Å². The largest absolute Gasteiger partial charge is 0.313 e. The van der Waals surface area contributed by atoms with Gasteiger partial charge in [-0.1, -0.05) is 12.1 Å². The van der Waals surface area contributed by atoms with Crippen LogP contribution in [0.2, 0.25) is 0 Å². The first-order valence-corrected chi connectivity index (χ1v) is 10.1. The summed E-state index contributed by atoms with van der Waals surface area (Å²) in [5, 5.41) is 3.07. The van der Waals surface area contributed by atoms with Crippen molar-refractivity contribution in [2.24, 2.45) is 0 Å². The average molecular weight is 334 g/mol. The van der Waals surface area contributed by atoms with Crippen LogP contribution >= 0.6 is 0 Å². The molecular weight excluding hydrogens is 312 g/mol. The topological polar surface area (TPSA) is 92.3 Å². The van der Waals surface area contributed by atoms with Gasteiger partial charge in [0.05, 0.1) is 10.6 Å². The number of sulfone groups is 1. The lowest BCUT2D eigenvalue weighted by Gasteiger charge is -2.11. The van der Waals surface area contributed by atoms with Crippen LogP contribution in [0.3, 0.4) is 0 Å². The second-order valence-electron chi connectivity index (χ2n) is 4.96. The third-order valence-corrected chi connectivity index (χ3v) is 5.61. The quantitative estimate of drug-likeness (QED) is 0.682. The molecule has 2 N–H and O–H groups in total. The summed E-state index contributed by atoms with van der Waals surface area (Å²) in [7, 11) is -4.83. The van der Waals surface area contributed by atoms with E-state index in [9.17, 15) is 16.8 Å². The van der Waals surface area contributed by atoms with E-state index in [-0.39, 0.29) is 29.7 Å². The summed E-state index contributed by atoms with van der Waals surface area (Å²) in [5.74, 6) is -0.0336. The summed E-state index contributed by atoms with van der Waals surface area (Å²) in [6.07, 6.45) is 1.39. The van der Waals surface area contributed by atoms with E-state index in [1.807, 2.05) is 14.0 Å². The SMILES string of the molecule is CNC(C)c1ccc(S(=O)(=O)NCCCS(C)(=O)=O)cc1. The van der Waals surface area contributed by atoms with Crippen LogP contribution in [0.15, 0.2) is 29.2 Å². The minimum Gasteiger partial charge on any atom is -0.313 e. The minimum absolute atomic E-state index is 0.0336. The first-order chi connectivity index (χ1) is 9.65. The fraction of sp³-hybridized carbons (Fsp3) is 0.538. The first kappa shape index (κ1) is 18.1. The minimum atomic E-state index is -3.59. The Morgan fingerprint density at radius 2 is 1.67 bits per heavy atom. The van der Waals surface area contributed by atoms with Gasteiger partial charge in [0.2, 0.25) is 10.0 Å². The normalized spacial score (nSPS) is 14.0. The lowest BCUT2D eigenvalue weighted by atomic mass is 10.1. The van der Waals surface area contributed by atoms with Crippen molar-refractivity contribution >= 4 is 19.9 Å². The lowest BCUT2D eigenvalue weighted by molar-refractivity contribution is 0.577. The van der Waals surface area contributed by atoms with Crippen molar-refractivity contribution in [2.75, 3.05) is 25.6 Å². The Morgan fingerprint density at radius 1 is 1.10 bits per heavy atom. The van der Waals surface area contributed by atoms with E-state index in [0.717, 1.165) is 11.8 Å². The van der Waals surface area contributed by atoms with Crippen molar-refractivity contribution in [3.8, 4) is 0 Å². The molecule has 0 saturated carbocycles. The second-order valence-corrected chi connectivity index (χ2v) is 8.99. The molecule has 1 aromatic carbocycles. The third kappa shape index (κ3) is 6.13. The van der Waals surface area contributed by atoms with Crippen LogP contribution in [0.5, 0.6) is 0 Å². The predicted molar refractivity (Wildman–Crippen MR) is 83.4 cm³/mol. The van der Waals surface area contributed by atoms with Gasteiger partial charge in [0, 0.05) is 18.8 Å². The van der Waals surface area contributed by atoms with Crippen molar-refractivity contribution in [2.45, 2.75) is 24.3 Å². The molecular formula is C13H22N2O4S2. The molecule has 1 unspecified atom stereocenters. The smallest absolute Gasteiger partial charge is 0.240 e. The van der Waals surface area contributed by atoms with E-state index in [2.05, 4.69) is 10.0 Å². The molecule has 0 heterocycles. The van der Waals surface area contributed by atoms with Crippen molar-refractivity contribution in [1.82, 2.24) is 10.0 Å². The molecule has 0 radical (unpaired) electrons. The molecule has 0 fully saturated rings. The Morgan fingerprint density at radius 3 is 2.14 bits per heavy atom. The lowest BCUT2D eigenvalue weighted by Crippen LogP contribution is -2.26. The summed E-state index contributed by atoms with van der Waals surface area (Å²) >= 11 is 0. The summed E-state index contributed by atoms with van der Waals surface area (Å²) in [6.45, 7) is 2.08. The van der Waals surface area contributed by atoms with Gasteiger partial charge >= 0.3 is 0 Å². The summed E-state index contributed by atoms with van der Waals surface area (Å²) < 4.78 is 48.4. The fourth-order valence-electron chi connectivity index (χ4n) is 1.73. The number of benzene rings is 1. The molecule has 120 valence electrons. The van der Waals surface area contributed by atoms with Gasteiger partial charge in [0.25, 0.3) is 0 Å². The first-order valence-electron chi connectivity index (χ1n) is 6.60. The molecule has 0 aliphatic carbocycles. The van der Waals surface area contributed by atoms with Gasteiger partial charge < -0.3 is 5.32 Å². The second kappa shape index (κ2) is 7.35. The van der Waals surface area contributed by atoms with Crippen molar-refractivity contribution in [3.05, 3.63) is 29.8 Å². The Bertz CT molecular complexity index is 652. The zero-order valence-electron chi connectivity index (χ0n) is 12.5. The molecule has 0 spiro atoms. The van der Waals surface area contributed by atoms with Crippen molar-refractivity contribution in [3.63, 3.8) is 0 Å². The van der Waals surface area contributed by atoms with Crippen LogP contribution in [0.25, 0.3) is 0 Å². The Balaban J connectivity index is 2.66. The van der Waals surface area contributed by atoms with Gasteiger partial charge in [0.1, 0.15) is 9.84 Å². The molecule has 8 heteroatoms. The van der Waals surface area contributed by atoms with Crippen LogP contribution in [-0.4, -0.2) is 42.4 Å². The van der Waals surface area contributed by atoms with E-state index in [1.54, 1.807) is 24.3 Å². The van der Waals surface area contributed by atoms with Gasteiger partial charge in [-0.15, -0.1) is 0 Å². The van der Waals surface area contributed by atoms with Crippen LogP contribution in [0, 0.1) is 0 Å². The average Bonchev–Trinajstić information content (AvgIpc) is 2.42. The van der Waals surface area contributed by atoms with Crippen LogP contribution < -0.4 is 10.0 Å². The van der Waals surface area contributed by atoms with E-state index in [4.69, 9.17) is 0 Å². The monoisotopic (exact) mass is 334 g/mol. The molecule has 0 bridgehead atoms. The van der Waals surface area contributed by atoms with E-state index >= 15 is 0 Å². The molecule has 0 aliphatic rings. The molecule has 0 saturated heterocycles. The van der Waals surface area contributed by atoms with E-state index in [0.29, 0.717) is 0 Å². The van der Waals surface area contributed by atoms with Crippen molar-refractivity contribution in [1.29, 1.82) is 0 Å². The molecule has 1 rings (SSSR count). The predicted octanol–water partition coefficient (Wildman–Crippen LogP) is 0.680. The maximum absolute atomic E-state index is 12.0. The number of sulfonamides is 1. The van der Waals surface area contributed by atoms with Gasteiger partial charge in [-0.3, -0.25) is 0 Å². The Labute approximate surface area is 126 Å². The molecule has 0 aliphatic heterocycles. The molecule has 0 aromatic heterocycles. The number of nitrogens with one attached hydrogen (secondary N) is 2. The van der Waals surface area contributed by atoms with Gasteiger partial charge in [0.15, 0.2) is 0 Å². The van der Waals surface area contributed by atoms with Crippen LogP contribution in [0.1, 0.15) is 24.9 Å². The van der Waals surface area contributed by atoms with Crippen LogP contribution in [-0.2, 0) is 19.9 Å². The summed E-state index contributed by atoms with van der Waals surface area (Å²) in [4.78, 5) is 0.175. The van der Waals surface area contributed by atoms with E-state index < -0.39 is 19.9 Å². The third-order valence-electron chi connectivity index (χ3n) is 3.11. The molecule has 1 aromatic rings. The molecule has 6 nitrogen and oxygen atoms in total. The maximum atomic E-state index is 12.0. The highest BCUT2D eigenvalue weighted by atomic mass is 32.2. The highest BCUT2D eigenvalue weighted by Gasteiger charge is 2.14. The molecule has 21 heavy (non-hydrogen) atoms. The highest BCUT2D eigenvalue weighted by molar-refractivity contribution is 7.90.